The molecule has 0 amide bonds. The smallest absolute Gasteiger partial charge is 0.338 e. The molecule has 2 saturated heterocycles. The van der Waals surface area contributed by atoms with E-state index in [-0.39, 0.29) is 25.4 Å². The molecule has 2 aliphatic heterocycles. The molecule has 8 heteroatoms. The molecule has 0 aromatic heterocycles. The van der Waals surface area contributed by atoms with Crippen LogP contribution in [0.3, 0.4) is 0 Å². The van der Waals surface area contributed by atoms with Gasteiger partial charge in [0, 0.05) is 13.2 Å². The lowest BCUT2D eigenvalue weighted by Crippen LogP contribution is -2.16. The summed E-state index contributed by atoms with van der Waals surface area (Å²) in [6.45, 7) is 2.79. The van der Waals surface area contributed by atoms with E-state index in [0.29, 0.717) is 35.8 Å². The average molecular weight is 547 g/mol. The van der Waals surface area contributed by atoms with E-state index in [4.69, 9.17) is 28.4 Å². The van der Waals surface area contributed by atoms with Crippen LogP contribution in [0.4, 0.5) is 0 Å². The highest BCUT2D eigenvalue weighted by atomic mass is 16.5. The maximum Gasteiger partial charge on any atom is 0.338 e. The van der Waals surface area contributed by atoms with Crippen molar-refractivity contribution in [3.8, 4) is 11.5 Å². The highest BCUT2D eigenvalue weighted by molar-refractivity contribution is 5.90. The van der Waals surface area contributed by atoms with Crippen molar-refractivity contribution < 1.29 is 38.0 Å². The minimum absolute atomic E-state index is 0.102. The van der Waals surface area contributed by atoms with Crippen molar-refractivity contribution in [3.05, 3.63) is 95.1 Å². The third-order valence-corrected chi connectivity index (χ3v) is 6.83. The quantitative estimate of drug-likeness (QED) is 0.275. The summed E-state index contributed by atoms with van der Waals surface area (Å²) in [5.74, 6) is 0.525. The van der Waals surface area contributed by atoms with Gasteiger partial charge >= 0.3 is 11.9 Å². The van der Waals surface area contributed by atoms with E-state index in [1.165, 1.54) is 0 Å². The van der Waals surface area contributed by atoms with Crippen LogP contribution in [0.1, 0.15) is 57.5 Å². The first-order chi connectivity index (χ1) is 19.6. The van der Waals surface area contributed by atoms with E-state index in [9.17, 15) is 9.59 Å². The van der Waals surface area contributed by atoms with Crippen LogP contribution in [-0.4, -0.2) is 50.6 Å². The number of carbonyl (C=O) groups excluding carboxylic acids is 2. The molecule has 2 heterocycles. The van der Waals surface area contributed by atoms with Gasteiger partial charge in [-0.2, -0.15) is 0 Å². The molecule has 0 radical (unpaired) electrons. The first-order valence-electron chi connectivity index (χ1n) is 13.7. The van der Waals surface area contributed by atoms with Crippen LogP contribution in [0.2, 0.25) is 0 Å². The topological polar surface area (TPSA) is 89.5 Å². The standard InChI is InChI=1S/C32H34O8/c33-31(25-8-12-27(13-9-25)37-21-29-6-2-16-35-29)39-19-23-4-1-5-24(18-23)20-40-32(34)26-10-14-28(15-11-26)38-22-30-7-3-17-36-30/h1,4-5,8-15,18,29-30H,2-3,6-7,16-17,19-22H2/t29-,30+. The summed E-state index contributed by atoms with van der Waals surface area (Å²) in [5.41, 5.74) is 2.48. The van der Waals surface area contributed by atoms with Gasteiger partial charge in [0.25, 0.3) is 0 Å². The normalized spacial score (nSPS) is 18.3. The summed E-state index contributed by atoms with van der Waals surface area (Å²) < 4.78 is 33.6. The van der Waals surface area contributed by atoms with Gasteiger partial charge in [-0.3, -0.25) is 0 Å². The Bertz CT molecular complexity index is 1150. The third-order valence-electron chi connectivity index (χ3n) is 6.83. The number of benzene rings is 3. The number of hydrogen-bond donors (Lipinski definition) is 0. The fraction of sp³-hybridized carbons (Fsp3) is 0.375. The fourth-order valence-electron chi connectivity index (χ4n) is 4.58. The molecule has 2 aliphatic rings. The van der Waals surface area contributed by atoms with E-state index in [1.54, 1.807) is 48.5 Å². The molecule has 0 unspecified atom stereocenters. The number of hydrogen-bond acceptors (Lipinski definition) is 8. The van der Waals surface area contributed by atoms with Gasteiger partial charge in [0.2, 0.25) is 0 Å². The van der Waals surface area contributed by atoms with Crippen molar-refractivity contribution in [2.45, 2.75) is 51.1 Å². The second-order valence-corrected chi connectivity index (χ2v) is 9.91. The lowest BCUT2D eigenvalue weighted by Gasteiger charge is -2.12. The van der Waals surface area contributed by atoms with Crippen molar-refractivity contribution in [1.82, 2.24) is 0 Å². The molecule has 0 saturated carbocycles. The summed E-state index contributed by atoms with van der Waals surface area (Å²) >= 11 is 0. The molecule has 0 N–H and O–H groups in total. The second-order valence-electron chi connectivity index (χ2n) is 9.91. The Morgan fingerprint density at radius 1 is 0.650 bits per heavy atom. The van der Waals surface area contributed by atoms with Crippen molar-refractivity contribution in [2.75, 3.05) is 26.4 Å². The Kier molecular flexibility index (Phi) is 9.66. The molecule has 2 atom stereocenters. The number of esters is 2. The first kappa shape index (κ1) is 27.7. The van der Waals surface area contributed by atoms with E-state index in [1.807, 2.05) is 24.3 Å². The third kappa shape index (κ3) is 8.07. The summed E-state index contributed by atoms with van der Waals surface area (Å²) in [4.78, 5) is 25.0. The largest absolute Gasteiger partial charge is 0.491 e. The van der Waals surface area contributed by atoms with Gasteiger partial charge in [-0.15, -0.1) is 0 Å². The van der Waals surface area contributed by atoms with Gasteiger partial charge in [0.15, 0.2) is 0 Å². The van der Waals surface area contributed by atoms with Crippen LogP contribution >= 0.6 is 0 Å². The lowest BCUT2D eigenvalue weighted by molar-refractivity contribution is 0.0471. The van der Waals surface area contributed by atoms with Gasteiger partial charge < -0.3 is 28.4 Å². The number of rotatable bonds is 12. The molecule has 3 aromatic rings. The second kappa shape index (κ2) is 14.0. The van der Waals surface area contributed by atoms with Gasteiger partial charge in [-0.1, -0.05) is 18.2 Å². The molecule has 210 valence electrons. The van der Waals surface area contributed by atoms with E-state index >= 15 is 0 Å². The Labute approximate surface area is 234 Å². The van der Waals surface area contributed by atoms with Crippen molar-refractivity contribution in [2.24, 2.45) is 0 Å². The SMILES string of the molecule is O=C(OCc1cccc(COC(=O)c2ccc(OC[C@@H]3CCCO3)cc2)c1)c1ccc(OC[C@H]2CCCO2)cc1. The van der Waals surface area contributed by atoms with Crippen LogP contribution < -0.4 is 9.47 Å². The number of ether oxygens (including phenoxy) is 6. The van der Waals surface area contributed by atoms with Crippen LogP contribution in [0, 0.1) is 0 Å². The zero-order valence-electron chi connectivity index (χ0n) is 22.4. The maximum atomic E-state index is 12.5. The monoisotopic (exact) mass is 546 g/mol. The molecule has 0 spiro atoms. The lowest BCUT2D eigenvalue weighted by atomic mass is 10.1. The highest BCUT2D eigenvalue weighted by Crippen LogP contribution is 2.19. The molecule has 2 fully saturated rings. The predicted molar refractivity (Wildman–Crippen MR) is 147 cm³/mol. The van der Waals surface area contributed by atoms with E-state index < -0.39 is 11.9 Å². The minimum atomic E-state index is -0.425. The predicted octanol–water partition coefficient (Wildman–Crippen LogP) is 5.52. The van der Waals surface area contributed by atoms with Crippen LogP contribution in [0.15, 0.2) is 72.8 Å². The summed E-state index contributed by atoms with van der Waals surface area (Å²) in [5, 5.41) is 0. The Morgan fingerprint density at radius 3 is 1.50 bits per heavy atom. The van der Waals surface area contributed by atoms with Gasteiger partial charge in [-0.25, -0.2) is 9.59 Å². The van der Waals surface area contributed by atoms with Crippen molar-refractivity contribution in [1.29, 1.82) is 0 Å². The molecular weight excluding hydrogens is 512 g/mol. The van der Waals surface area contributed by atoms with Gasteiger partial charge in [0.05, 0.1) is 23.3 Å². The molecule has 0 aliphatic carbocycles. The van der Waals surface area contributed by atoms with Gasteiger partial charge in [0.1, 0.15) is 37.9 Å². The summed E-state index contributed by atoms with van der Waals surface area (Å²) in [7, 11) is 0. The molecule has 8 nitrogen and oxygen atoms in total. The maximum absolute atomic E-state index is 12.5. The number of carbonyl (C=O) groups is 2. The Morgan fingerprint density at radius 2 is 1.10 bits per heavy atom. The first-order valence-corrected chi connectivity index (χ1v) is 13.7. The zero-order chi connectivity index (χ0) is 27.6. The highest BCUT2D eigenvalue weighted by Gasteiger charge is 2.17. The van der Waals surface area contributed by atoms with Crippen LogP contribution in [-0.2, 0) is 32.2 Å². The fourth-order valence-corrected chi connectivity index (χ4v) is 4.58. The average Bonchev–Trinajstić information content (AvgIpc) is 3.72. The van der Waals surface area contributed by atoms with Gasteiger partial charge in [-0.05, 0) is 91.4 Å². The Balaban J connectivity index is 1.04. The van der Waals surface area contributed by atoms with Crippen molar-refractivity contribution >= 4 is 11.9 Å². The Hall–Kier alpha value is -3.88. The summed E-state index contributed by atoms with van der Waals surface area (Å²) in [6, 6.07) is 21.2. The van der Waals surface area contributed by atoms with Crippen LogP contribution in [0.25, 0.3) is 0 Å². The molecule has 3 aromatic carbocycles. The van der Waals surface area contributed by atoms with Crippen molar-refractivity contribution in [3.63, 3.8) is 0 Å². The molecule has 40 heavy (non-hydrogen) atoms. The zero-order valence-corrected chi connectivity index (χ0v) is 22.4. The van der Waals surface area contributed by atoms with E-state index in [0.717, 1.165) is 50.0 Å². The molecule has 0 bridgehead atoms. The minimum Gasteiger partial charge on any atom is -0.491 e. The summed E-state index contributed by atoms with van der Waals surface area (Å²) in [6.07, 6.45) is 4.42. The molecule has 5 rings (SSSR count). The molecular formula is C32H34O8. The van der Waals surface area contributed by atoms with E-state index in [2.05, 4.69) is 0 Å². The van der Waals surface area contributed by atoms with Crippen LogP contribution in [0.5, 0.6) is 11.5 Å².